The minimum Gasteiger partial charge on any atom is -0.444 e. The van der Waals surface area contributed by atoms with Crippen LogP contribution in [0.3, 0.4) is 0 Å². The first-order chi connectivity index (χ1) is 19.6. The van der Waals surface area contributed by atoms with Crippen LogP contribution in [0, 0.1) is 0 Å². The van der Waals surface area contributed by atoms with Gasteiger partial charge in [0, 0.05) is 5.56 Å². The van der Waals surface area contributed by atoms with Gasteiger partial charge in [0.05, 0.1) is 18.1 Å². The van der Waals surface area contributed by atoms with Crippen LogP contribution in [0.5, 0.6) is 0 Å². The molecule has 41 heavy (non-hydrogen) atoms. The second kappa shape index (κ2) is 15.7. The van der Waals surface area contributed by atoms with Gasteiger partial charge in [-0.3, -0.25) is 5.32 Å². The minimum absolute atomic E-state index is 0.0657. The molecule has 0 aliphatic heterocycles. The van der Waals surface area contributed by atoms with Crippen molar-refractivity contribution in [3.8, 4) is 0 Å². The topological polar surface area (TPSA) is 100 Å². The molecule has 1 amide bonds. The zero-order chi connectivity index (χ0) is 29.6. The van der Waals surface area contributed by atoms with Gasteiger partial charge in [-0.1, -0.05) is 109 Å². The molecule has 0 saturated carbocycles. The number of hydrogen-bond acceptors (Lipinski definition) is 7. The van der Waals surface area contributed by atoms with Gasteiger partial charge >= 0.3 is 16.2 Å². The summed E-state index contributed by atoms with van der Waals surface area (Å²) < 4.78 is 39.8. The number of hydrogen-bond donors (Lipinski definition) is 1. The van der Waals surface area contributed by atoms with Crippen molar-refractivity contribution in [3.05, 3.63) is 138 Å². The van der Waals surface area contributed by atoms with E-state index in [1.165, 1.54) is 23.3 Å². The fraction of sp³-hybridized carbons (Fsp3) is 0.219. The van der Waals surface area contributed by atoms with Crippen molar-refractivity contribution >= 4 is 16.2 Å². The number of carbonyl (C=O) groups excluding carboxylic acids is 1. The molecule has 4 rings (SSSR count). The normalized spacial score (nSPS) is 12.0. The van der Waals surface area contributed by atoms with E-state index < -0.39 is 28.0 Å². The Kier molecular flexibility index (Phi) is 12.1. The standard InChI is InChI=1S/C18H21NO6S.C14H14O/c1-18(2,3)23-17(20)19-16(14-10-6-4-7-11-14)24-25-26(21,22)15-12-8-5-9-13-15;1-3-7-13(8-4-1)11-15-12-14-9-5-2-6-10-14/h4-13,16H,1-3H3,(H,19,20);1-10H,11-12H2. The van der Waals surface area contributed by atoms with E-state index in [9.17, 15) is 13.2 Å². The summed E-state index contributed by atoms with van der Waals surface area (Å²) in [6.07, 6.45) is -1.95. The van der Waals surface area contributed by atoms with Gasteiger partial charge in [-0.25, -0.2) is 4.79 Å². The van der Waals surface area contributed by atoms with Crippen LogP contribution < -0.4 is 5.32 Å². The average Bonchev–Trinajstić information content (AvgIpc) is 2.97. The minimum atomic E-state index is -4.15. The Hall–Kier alpha value is -4.02. The molecule has 1 atom stereocenters. The van der Waals surface area contributed by atoms with Crippen molar-refractivity contribution < 1.29 is 31.9 Å². The van der Waals surface area contributed by atoms with Gasteiger partial charge < -0.3 is 9.47 Å². The molecule has 0 bridgehead atoms. The van der Waals surface area contributed by atoms with Gasteiger partial charge in [0.15, 0.2) is 6.23 Å². The van der Waals surface area contributed by atoms with E-state index in [4.69, 9.17) is 14.4 Å². The molecule has 0 aromatic heterocycles. The van der Waals surface area contributed by atoms with E-state index in [1.54, 1.807) is 69.3 Å². The van der Waals surface area contributed by atoms with Crippen LogP contribution in [0.1, 0.15) is 43.7 Å². The lowest BCUT2D eigenvalue weighted by atomic mass is 10.2. The number of alkyl carbamates (subject to hydrolysis) is 1. The van der Waals surface area contributed by atoms with Crippen molar-refractivity contribution in [2.75, 3.05) is 0 Å². The molecular formula is C32H35NO7S. The molecule has 1 unspecified atom stereocenters. The van der Waals surface area contributed by atoms with Gasteiger partial charge in [0.2, 0.25) is 0 Å². The van der Waals surface area contributed by atoms with E-state index in [-0.39, 0.29) is 4.90 Å². The summed E-state index contributed by atoms with van der Waals surface area (Å²) in [4.78, 5) is 17.0. The maximum atomic E-state index is 12.2. The highest BCUT2D eigenvalue weighted by Crippen LogP contribution is 2.20. The molecule has 216 valence electrons. The number of amides is 1. The predicted octanol–water partition coefficient (Wildman–Crippen LogP) is 6.95. The van der Waals surface area contributed by atoms with Crippen molar-refractivity contribution in [2.24, 2.45) is 0 Å². The smallest absolute Gasteiger partial charge is 0.410 e. The number of benzene rings is 4. The highest BCUT2D eigenvalue weighted by Gasteiger charge is 2.25. The number of nitrogens with one attached hydrogen (secondary N) is 1. The monoisotopic (exact) mass is 577 g/mol. The summed E-state index contributed by atoms with van der Waals surface area (Å²) in [5, 5.41) is 2.44. The van der Waals surface area contributed by atoms with Crippen molar-refractivity contribution in [2.45, 2.75) is 50.7 Å². The number of carbonyl (C=O) groups is 1. The molecule has 4 aromatic rings. The van der Waals surface area contributed by atoms with Crippen LogP contribution in [-0.2, 0) is 42.0 Å². The lowest BCUT2D eigenvalue weighted by molar-refractivity contribution is -0.250. The first-order valence-electron chi connectivity index (χ1n) is 13.0. The lowest BCUT2D eigenvalue weighted by Gasteiger charge is -2.23. The highest BCUT2D eigenvalue weighted by atomic mass is 32.2. The van der Waals surface area contributed by atoms with Crippen molar-refractivity contribution in [1.82, 2.24) is 5.32 Å². The molecule has 4 aromatic carbocycles. The van der Waals surface area contributed by atoms with Crippen LogP contribution in [0.25, 0.3) is 0 Å². The van der Waals surface area contributed by atoms with Crippen LogP contribution in [0.2, 0.25) is 0 Å². The molecule has 0 saturated heterocycles. The molecule has 0 radical (unpaired) electrons. The highest BCUT2D eigenvalue weighted by molar-refractivity contribution is 7.86. The Balaban J connectivity index is 0.000000260. The fourth-order valence-electron chi connectivity index (χ4n) is 3.36. The summed E-state index contributed by atoms with van der Waals surface area (Å²) in [7, 11) is -4.15. The molecule has 0 aliphatic rings. The Morgan fingerprint density at radius 1 is 0.707 bits per heavy atom. The zero-order valence-corrected chi connectivity index (χ0v) is 24.1. The molecule has 9 heteroatoms. The molecule has 8 nitrogen and oxygen atoms in total. The largest absolute Gasteiger partial charge is 0.444 e. The Morgan fingerprint density at radius 3 is 1.61 bits per heavy atom. The number of rotatable bonds is 10. The van der Waals surface area contributed by atoms with E-state index in [2.05, 4.69) is 33.9 Å². The molecule has 1 N–H and O–H groups in total. The van der Waals surface area contributed by atoms with Crippen molar-refractivity contribution in [1.29, 1.82) is 0 Å². The fourth-order valence-corrected chi connectivity index (χ4v) is 4.11. The molecule has 0 aliphatic carbocycles. The summed E-state index contributed by atoms with van der Waals surface area (Å²) in [6, 6.07) is 36.5. The van der Waals surface area contributed by atoms with Gasteiger partial charge in [0.1, 0.15) is 5.60 Å². The lowest BCUT2D eigenvalue weighted by Crippen LogP contribution is -2.36. The average molecular weight is 578 g/mol. The maximum absolute atomic E-state index is 12.2. The second-order valence-corrected chi connectivity index (χ2v) is 11.3. The Labute approximate surface area is 241 Å². The first kappa shape index (κ1) is 31.5. The summed E-state index contributed by atoms with van der Waals surface area (Å²) in [6.45, 7) is 6.48. The second-order valence-electron chi connectivity index (χ2n) is 9.83. The number of ether oxygens (including phenoxy) is 2. The van der Waals surface area contributed by atoms with E-state index in [0.29, 0.717) is 18.8 Å². The maximum Gasteiger partial charge on any atom is 0.410 e. The van der Waals surface area contributed by atoms with Crippen LogP contribution >= 0.6 is 0 Å². The summed E-state index contributed by atoms with van der Waals surface area (Å²) >= 11 is 0. The molecule has 0 spiro atoms. The SMILES string of the molecule is CC(C)(C)OC(=O)NC(OOS(=O)(=O)c1ccccc1)c1ccccc1.c1ccc(COCc2ccccc2)cc1. The quantitative estimate of drug-likeness (QED) is 0.124. The molecular weight excluding hydrogens is 542 g/mol. The van der Waals surface area contributed by atoms with E-state index >= 15 is 0 Å². The van der Waals surface area contributed by atoms with Crippen molar-refractivity contribution in [3.63, 3.8) is 0 Å². The Bertz CT molecular complexity index is 1370. The third-order valence-corrected chi connectivity index (χ3v) is 6.34. The van der Waals surface area contributed by atoms with Crippen LogP contribution in [0.15, 0.2) is 126 Å². The molecule has 0 heterocycles. The van der Waals surface area contributed by atoms with Crippen LogP contribution in [0.4, 0.5) is 4.79 Å². The van der Waals surface area contributed by atoms with E-state index in [0.717, 1.165) is 0 Å². The van der Waals surface area contributed by atoms with Gasteiger partial charge in [0.25, 0.3) is 0 Å². The van der Waals surface area contributed by atoms with Gasteiger partial charge in [-0.2, -0.15) is 13.3 Å². The summed E-state index contributed by atoms with van der Waals surface area (Å²) in [5.74, 6) is 0. The van der Waals surface area contributed by atoms with Gasteiger partial charge in [-0.15, -0.1) is 4.33 Å². The van der Waals surface area contributed by atoms with E-state index in [1.807, 2.05) is 36.4 Å². The first-order valence-corrected chi connectivity index (χ1v) is 14.4. The van der Waals surface area contributed by atoms with Crippen LogP contribution in [-0.4, -0.2) is 20.1 Å². The Morgan fingerprint density at radius 2 is 1.15 bits per heavy atom. The summed E-state index contributed by atoms with van der Waals surface area (Å²) in [5.41, 5.74) is 2.20. The van der Waals surface area contributed by atoms with Gasteiger partial charge in [-0.05, 0) is 44.0 Å². The predicted molar refractivity (Wildman–Crippen MR) is 156 cm³/mol. The zero-order valence-electron chi connectivity index (χ0n) is 23.3. The third-order valence-electron chi connectivity index (χ3n) is 5.23. The third kappa shape index (κ3) is 11.9. The molecule has 0 fully saturated rings.